The normalized spacial score (nSPS) is 18.7. The van der Waals surface area contributed by atoms with E-state index in [0.717, 1.165) is 29.6 Å². The van der Waals surface area contributed by atoms with E-state index in [4.69, 9.17) is 15.0 Å². The second-order valence-corrected chi connectivity index (χ2v) is 9.31. The average Bonchev–Trinajstić information content (AvgIpc) is 3.02. The third-order valence-electron chi connectivity index (χ3n) is 5.35. The van der Waals surface area contributed by atoms with Crippen LogP contribution in [-0.4, -0.2) is 72.6 Å². The van der Waals surface area contributed by atoms with Crippen molar-refractivity contribution >= 4 is 42.8 Å². The number of nitrogens with zero attached hydrogens (tertiary/aromatic N) is 4. The first-order valence-electron chi connectivity index (χ1n) is 9.74. The molecule has 3 heterocycles. The number of rotatable bonds is 3. The van der Waals surface area contributed by atoms with Crippen molar-refractivity contribution in [2.45, 2.75) is 18.9 Å². The highest BCUT2D eigenvalue weighted by Crippen LogP contribution is 2.33. The second kappa shape index (κ2) is 8.16. The maximum Gasteiger partial charge on any atom is 0.412 e. The first-order chi connectivity index (χ1) is 13.9. The standard InChI is InChI=1S/C19H26N5O4P/c1-29(2)28-19(26)22-7-5-13(6-8-22)24-16-4-3-14(11-15(16)21-18(24)20)23-9-10-27-12-17(23)25/h3-4,11,13H,5-10,12H2,1-2H3,(H2,20,21). The van der Waals surface area contributed by atoms with Crippen LogP contribution in [0, 0.1) is 0 Å². The van der Waals surface area contributed by atoms with Crippen molar-refractivity contribution in [3.8, 4) is 0 Å². The molecule has 0 bridgehead atoms. The average molecular weight is 419 g/mol. The van der Waals surface area contributed by atoms with Gasteiger partial charge >= 0.3 is 6.09 Å². The first kappa shape index (κ1) is 19.9. The van der Waals surface area contributed by atoms with Gasteiger partial charge in [-0.25, -0.2) is 9.78 Å². The minimum absolute atomic E-state index is 0.0508. The number of fused-ring (bicyclic) bond motifs is 1. The van der Waals surface area contributed by atoms with Crippen LogP contribution in [0.4, 0.5) is 16.4 Å². The van der Waals surface area contributed by atoms with E-state index >= 15 is 0 Å². The fourth-order valence-electron chi connectivity index (χ4n) is 3.97. The molecule has 0 saturated carbocycles. The van der Waals surface area contributed by atoms with Crippen molar-refractivity contribution in [2.24, 2.45) is 0 Å². The molecule has 2 amide bonds. The van der Waals surface area contributed by atoms with E-state index < -0.39 is 8.15 Å². The lowest BCUT2D eigenvalue weighted by Crippen LogP contribution is -2.41. The smallest absolute Gasteiger partial charge is 0.412 e. The van der Waals surface area contributed by atoms with Crippen molar-refractivity contribution in [3.63, 3.8) is 0 Å². The quantitative estimate of drug-likeness (QED) is 0.767. The molecular weight excluding hydrogens is 393 g/mol. The zero-order valence-corrected chi connectivity index (χ0v) is 17.6. The summed E-state index contributed by atoms with van der Waals surface area (Å²) in [5.41, 5.74) is 8.77. The maximum atomic E-state index is 12.1. The number of piperidine rings is 1. The highest BCUT2D eigenvalue weighted by Gasteiger charge is 2.28. The van der Waals surface area contributed by atoms with Crippen molar-refractivity contribution in [2.75, 3.05) is 56.8 Å². The van der Waals surface area contributed by atoms with Gasteiger partial charge < -0.3 is 29.4 Å². The molecule has 0 radical (unpaired) electrons. The van der Waals surface area contributed by atoms with Crippen LogP contribution in [0.15, 0.2) is 18.2 Å². The molecule has 10 heteroatoms. The number of nitrogens with two attached hydrogens (primary N) is 1. The summed E-state index contributed by atoms with van der Waals surface area (Å²) in [7, 11) is -0.715. The molecule has 1 aromatic heterocycles. The van der Waals surface area contributed by atoms with E-state index in [0.29, 0.717) is 32.2 Å². The summed E-state index contributed by atoms with van der Waals surface area (Å²) in [4.78, 5) is 32.3. The van der Waals surface area contributed by atoms with Gasteiger partial charge in [-0.2, -0.15) is 0 Å². The monoisotopic (exact) mass is 419 g/mol. The van der Waals surface area contributed by atoms with Crippen LogP contribution in [0.5, 0.6) is 0 Å². The van der Waals surface area contributed by atoms with E-state index in [1.807, 2.05) is 31.5 Å². The minimum atomic E-state index is -0.715. The third-order valence-corrected chi connectivity index (χ3v) is 5.87. The number of aromatic nitrogens is 2. The van der Waals surface area contributed by atoms with Crippen LogP contribution >= 0.6 is 8.15 Å². The molecular formula is C19H26N5O4P. The highest BCUT2D eigenvalue weighted by atomic mass is 31.1. The van der Waals surface area contributed by atoms with Gasteiger partial charge in [0.05, 0.1) is 25.8 Å². The van der Waals surface area contributed by atoms with Gasteiger partial charge in [0.1, 0.15) is 6.61 Å². The fraction of sp³-hybridized carbons (Fsp3) is 0.526. The Morgan fingerprint density at radius 1 is 1.28 bits per heavy atom. The van der Waals surface area contributed by atoms with Gasteiger partial charge in [-0.1, -0.05) is 0 Å². The number of carbonyl (C=O) groups is 2. The van der Waals surface area contributed by atoms with Gasteiger partial charge in [0, 0.05) is 31.4 Å². The third kappa shape index (κ3) is 4.02. The van der Waals surface area contributed by atoms with Gasteiger partial charge in [-0.3, -0.25) is 4.79 Å². The van der Waals surface area contributed by atoms with Crippen molar-refractivity contribution in [1.29, 1.82) is 0 Å². The zero-order valence-electron chi connectivity index (χ0n) is 16.7. The Morgan fingerprint density at radius 3 is 2.72 bits per heavy atom. The molecule has 2 fully saturated rings. The van der Waals surface area contributed by atoms with Gasteiger partial charge in [-0.05, 0) is 44.4 Å². The summed E-state index contributed by atoms with van der Waals surface area (Å²) in [6, 6.07) is 5.98. The number of hydrogen-bond acceptors (Lipinski definition) is 6. The highest BCUT2D eigenvalue weighted by molar-refractivity contribution is 7.51. The molecule has 0 spiro atoms. The molecule has 0 atom stereocenters. The number of amides is 2. The predicted octanol–water partition coefficient (Wildman–Crippen LogP) is 2.41. The summed E-state index contributed by atoms with van der Waals surface area (Å²) in [5, 5.41) is 0. The lowest BCUT2D eigenvalue weighted by molar-refractivity contribution is -0.125. The molecule has 0 unspecified atom stereocenters. The topological polar surface area (TPSA) is 103 Å². The molecule has 2 N–H and O–H groups in total. The Balaban J connectivity index is 1.52. The first-order valence-corrected chi connectivity index (χ1v) is 11.9. The Bertz CT molecular complexity index is 923. The van der Waals surface area contributed by atoms with Gasteiger partial charge in [0.15, 0.2) is 0 Å². The van der Waals surface area contributed by atoms with Crippen LogP contribution < -0.4 is 10.6 Å². The minimum Gasteiger partial charge on any atom is -0.429 e. The van der Waals surface area contributed by atoms with E-state index in [1.54, 1.807) is 9.80 Å². The summed E-state index contributed by atoms with van der Waals surface area (Å²) in [6.07, 6.45) is 1.35. The molecule has 2 aliphatic rings. The summed E-state index contributed by atoms with van der Waals surface area (Å²) >= 11 is 0. The van der Waals surface area contributed by atoms with Crippen LogP contribution in [-0.2, 0) is 14.1 Å². The summed E-state index contributed by atoms with van der Waals surface area (Å²) < 4.78 is 12.6. The van der Waals surface area contributed by atoms with Crippen LogP contribution in [0.1, 0.15) is 18.9 Å². The number of likely N-dealkylation sites (tertiary alicyclic amines) is 1. The Labute approximate surface area is 170 Å². The van der Waals surface area contributed by atoms with E-state index in [2.05, 4.69) is 9.55 Å². The number of ether oxygens (including phenoxy) is 1. The Kier molecular flexibility index (Phi) is 5.61. The lowest BCUT2D eigenvalue weighted by Gasteiger charge is -2.33. The molecule has 2 aromatic rings. The molecule has 2 aliphatic heterocycles. The number of benzene rings is 1. The number of anilines is 2. The Morgan fingerprint density at radius 2 is 2.03 bits per heavy atom. The largest absolute Gasteiger partial charge is 0.429 e. The van der Waals surface area contributed by atoms with Crippen LogP contribution in [0.2, 0.25) is 0 Å². The van der Waals surface area contributed by atoms with Crippen molar-refractivity contribution in [1.82, 2.24) is 14.5 Å². The van der Waals surface area contributed by atoms with Gasteiger partial charge in [-0.15, -0.1) is 0 Å². The lowest BCUT2D eigenvalue weighted by atomic mass is 10.0. The van der Waals surface area contributed by atoms with Gasteiger partial charge in [0.2, 0.25) is 5.95 Å². The van der Waals surface area contributed by atoms with Crippen LogP contribution in [0.25, 0.3) is 11.0 Å². The van der Waals surface area contributed by atoms with Crippen LogP contribution in [0.3, 0.4) is 0 Å². The van der Waals surface area contributed by atoms with Gasteiger partial charge in [0.25, 0.3) is 5.91 Å². The molecule has 2 saturated heterocycles. The number of hydrogen-bond donors (Lipinski definition) is 1. The second-order valence-electron chi connectivity index (χ2n) is 7.50. The number of carbonyl (C=O) groups excluding carboxylic acids is 2. The summed E-state index contributed by atoms with van der Waals surface area (Å²) in [5.74, 6) is 0.405. The van der Waals surface area contributed by atoms with Crippen molar-refractivity contribution in [3.05, 3.63) is 18.2 Å². The number of nitrogen functional groups attached to an aromatic ring is 1. The molecule has 1 aromatic carbocycles. The maximum absolute atomic E-state index is 12.1. The Hall–Kier alpha value is -2.38. The van der Waals surface area contributed by atoms with Crippen molar-refractivity contribution < 1.29 is 18.8 Å². The molecule has 9 nitrogen and oxygen atoms in total. The fourth-order valence-corrected chi connectivity index (χ4v) is 4.40. The molecule has 0 aliphatic carbocycles. The van der Waals surface area contributed by atoms with E-state index in [-0.39, 0.29) is 24.6 Å². The number of morpholine rings is 1. The van der Waals surface area contributed by atoms with E-state index in [9.17, 15) is 9.59 Å². The SMILES string of the molecule is CP(C)OC(=O)N1CCC(n2c(N)nc3cc(N4CCOCC4=O)ccc32)CC1. The molecule has 4 rings (SSSR count). The molecule has 29 heavy (non-hydrogen) atoms. The number of imidazole rings is 1. The zero-order chi connectivity index (χ0) is 20.5. The summed E-state index contributed by atoms with van der Waals surface area (Å²) in [6.45, 7) is 6.26. The molecule has 156 valence electrons. The van der Waals surface area contributed by atoms with E-state index in [1.165, 1.54) is 0 Å². The predicted molar refractivity (Wildman–Crippen MR) is 112 cm³/mol.